The van der Waals surface area contributed by atoms with Gasteiger partial charge < -0.3 is 10.1 Å². The molecule has 0 atom stereocenters. The lowest BCUT2D eigenvalue weighted by molar-refractivity contribution is -0.117. The number of nitrogens with one attached hydrogen (secondary N) is 1. The third-order valence-corrected chi connectivity index (χ3v) is 4.44. The van der Waals surface area contributed by atoms with Gasteiger partial charge in [0.1, 0.15) is 11.6 Å². The van der Waals surface area contributed by atoms with Gasteiger partial charge in [-0.1, -0.05) is 18.2 Å². The van der Waals surface area contributed by atoms with Crippen molar-refractivity contribution in [1.82, 2.24) is 0 Å². The second kappa shape index (κ2) is 7.95. The molecule has 0 aromatic heterocycles. The van der Waals surface area contributed by atoms with Crippen LogP contribution in [-0.2, 0) is 4.79 Å². The minimum Gasteiger partial charge on any atom is -0.490 e. The quantitative estimate of drug-likeness (QED) is 0.857. The van der Waals surface area contributed by atoms with Gasteiger partial charge >= 0.3 is 0 Å². The van der Waals surface area contributed by atoms with Crippen molar-refractivity contribution in [3.63, 3.8) is 0 Å². The topological polar surface area (TPSA) is 38.3 Å². The minimum absolute atomic E-state index is 0.00552. The van der Waals surface area contributed by atoms with E-state index < -0.39 is 0 Å². The molecule has 1 amide bonds. The Hall–Kier alpha value is -2.36. The average molecular weight is 327 g/mol. The van der Waals surface area contributed by atoms with Crippen LogP contribution < -0.4 is 10.1 Å². The van der Waals surface area contributed by atoms with Gasteiger partial charge in [0.25, 0.3) is 0 Å². The van der Waals surface area contributed by atoms with Crippen LogP contribution in [0.15, 0.2) is 54.6 Å². The summed E-state index contributed by atoms with van der Waals surface area (Å²) in [5, 5.41) is 2.83. The van der Waals surface area contributed by atoms with Crippen LogP contribution in [0.25, 0.3) is 0 Å². The molecular weight excluding hydrogens is 305 g/mol. The minimum atomic E-state index is -0.301. The number of hydrogen-bond acceptors (Lipinski definition) is 2. The number of anilines is 1. The van der Waals surface area contributed by atoms with Crippen molar-refractivity contribution < 1.29 is 13.9 Å². The lowest BCUT2D eigenvalue weighted by Gasteiger charge is -2.28. The third-order valence-electron chi connectivity index (χ3n) is 4.44. The lowest BCUT2D eigenvalue weighted by atomic mass is 9.85. The standard InChI is InChI=1S/C20H22FNO2/c21-16-8-10-17(11-9-16)22-20(23)14-15-6-12-19(13-7-15)24-18-4-2-1-3-5-18/h1-5,8-11,15,19H,6-7,12-14H2,(H,22,23)/t15-,19-. The van der Waals surface area contributed by atoms with Crippen molar-refractivity contribution in [2.75, 3.05) is 5.32 Å². The largest absolute Gasteiger partial charge is 0.490 e. The molecule has 0 heterocycles. The summed E-state index contributed by atoms with van der Waals surface area (Å²) in [5.41, 5.74) is 0.641. The fourth-order valence-electron chi connectivity index (χ4n) is 3.15. The molecule has 1 aliphatic carbocycles. The van der Waals surface area contributed by atoms with Gasteiger partial charge in [0.05, 0.1) is 6.10 Å². The van der Waals surface area contributed by atoms with E-state index in [4.69, 9.17) is 4.74 Å². The summed E-state index contributed by atoms with van der Waals surface area (Å²) in [6.45, 7) is 0. The normalized spacial score (nSPS) is 20.4. The SMILES string of the molecule is O=C(C[C@H]1CC[C@H](Oc2ccccc2)CC1)Nc1ccc(F)cc1. The molecule has 0 unspecified atom stereocenters. The molecule has 0 saturated heterocycles. The van der Waals surface area contributed by atoms with Gasteiger partial charge in [-0.3, -0.25) is 4.79 Å². The zero-order chi connectivity index (χ0) is 16.8. The van der Waals surface area contributed by atoms with Crippen LogP contribution in [0, 0.1) is 11.7 Å². The van der Waals surface area contributed by atoms with E-state index in [-0.39, 0.29) is 17.8 Å². The van der Waals surface area contributed by atoms with Gasteiger partial charge in [-0.05, 0) is 68.0 Å². The monoisotopic (exact) mass is 327 g/mol. The fourth-order valence-corrected chi connectivity index (χ4v) is 3.15. The van der Waals surface area contributed by atoms with Gasteiger partial charge in [0.2, 0.25) is 5.91 Å². The van der Waals surface area contributed by atoms with Crippen LogP contribution in [0.3, 0.4) is 0 Å². The molecule has 3 nitrogen and oxygen atoms in total. The molecule has 0 aliphatic heterocycles. The van der Waals surface area contributed by atoms with Crippen molar-refractivity contribution in [3.8, 4) is 5.75 Å². The molecule has 3 rings (SSSR count). The number of ether oxygens (including phenoxy) is 1. The maximum absolute atomic E-state index is 12.9. The van der Waals surface area contributed by atoms with Crippen LogP contribution in [-0.4, -0.2) is 12.0 Å². The van der Waals surface area contributed by atoms with Gasteiger partial charge in [-0.25, -0.2) is 4.39 Å². The molecule has 1 saturated carbocycles. The molecule has 24 heavy (non-hydrogen) atoms. The van der Waals surface area contributed by atoms with Crippen molar-refractivity contribution in [2.45, 2.75) is 38.2 Å². The van der Waals surface area contributed by atoms with E-state index in [0.717, 1.165) is 31.4 Å². The Morgan fingerprint density at radius 3 is 2.33 bits per heavy atom. The first-order valence-electron chi connectivity index (χ1n) is 8.46. The maximum Gasteiger partial charge on any atom is 0.224 e. The first-order chi connectivity index (χ1) is 11.7. The van der Waals surface area contributed by atoms with Crippen LogP contribution in [0.2, 0.25) is 0 Å². The Morgan fingerprint density at radius 1 is 1.00 bits per heavy atom. The van der Waals surface area contributed by atoms with E-state index in [9.17, 15) is 9.18 Å². The summed E-state index contributed by atoms with van der Waals surface area (Å²) in [6.07, 6.45) is 4.69. The lowest BCUT2D eigenvalue weighted by Crippen LogP contribution is -2.26. The van der Waals surface area contributed by atoms with E-state index in [0.29, 0.717) is 18.0 Å². The second-order valence-electron chi connectivity index (χ2n) is 6.33. The number of rotatable bonds is 5. The highest BCUT2D eigenvalue weighted by Gasteiger charge is 2.24. The Balaban J connectivity index is 1.41. The van der Waals surface area contributed by atoms with Gasteiger partial charge in [0, 0.05) is 12.1 Å². The zero-order valence-electron chi connectivity index (χ0n) is 13.6. The molecule has 4 heteroatoms. The van der Waals surface area contributed by atoms with E-state index in [1.165, 1.54) is 12.1 Å². The van der Waals surface area contributed by atoms with Crippen LogP contribution >= 0.6 is 0 Å². The van der Waals surface area contributed by atoms with E-state index in [1.807, 2.05) is 30.3 Å². The summed E-state index contributed by atoms with van der Waals surface area (Å²) >= 11 is 0. The third kappa shape index (κ3) is 4.82. The molecule has 0 bridgehead atoms. The Labute approximate surface area is 141 Å². The summed E-state index contributed by atoms with van der Waals surface area (Å²) in [6, 6.07) is 15.7. The highest BCUT2D eigenvalue weighted by Crippen LogP contribution is 2.29. The molecule has 1 N–H and O–H groups in total. The summed E-state index contributed by atoms with van der Waals surface area (Å²) < 4.78 is 18.8. The molecule has 0 spiro atoms. The number of hydrogen-bond donors (Lipinski definition) is 1. The molecule has 2 aromatic rings. The van der Waals surface area contributed by atoms with Crippen molar-refractivity contribution in [1.29, 1.82) is 0 Å². The Bertz CT molecular complexity index is 649. The molecule has 126 valence electrons. The Morgan fingerprint density at radius 2 is 1.67 bits per heavy atom. The molecule has 0 radical (unpaired) electrons. The van der Waals surface area contributed by atoms with Gasteiger partial charge in [0.15, 0.2) is 0 Å². The molecule has 1 aliphatic rings. The van der Waals surface area contributed by atoms with Gasteiger partial charge in [-0.2, -0.15) is 0 Å². The summed E-state index contributed by atoms with van der Waals surface area (Å²) in [5.74, 6) is 0.995. The van der Waals surface area contributed by atoms with Gasteiger partial charge in [-0.15, -0.1) is 0 Å². The summed E-state index contributed by atoms with van der Waals surface area (Å²) in [7, 11) is 0. The Kier molecular flexibility index (Phi) is 5.47. The number of carbonyl (C=O) groups excluding carboxylic acids is 1. The number of amides is 1. The zero-order valence-corrected chi connectivity index (χ0v) is 13.6. The first kappa shape index (κ1) is 16.5. The fraction of sp³-hybridized carbons (Fsp3) is 0.350. The smallest absolute Gasteiger partial charge is 0.224 e. The van der Waals surface area contributed by atoms with Crippen LogP contribution in [0.1, 0.15) is 32.1 Å². The number of carbonyl (C=O) groups is 1. The van der Waals surface area contributed by atoms with Crippen LogP contribution in [0.5, 0.6) is 5.75 Å². The van der Waals surface area contributed by atoms with E-state index >= 15 is 0 Å². The maximum atomic E-state index is 12.9. The summed E-state index contributed by atoms with van der Waals surface area (Å²) in [4.78, 5) is 12.1. The van der Waals surface area contributed by atoms with Crippen molar-refractivity contribution in [3.05, 3.63) is 60.4 Å². The number of para-hydroxylation sites is 1. The number of benzene rings is 2. The second-order valence-corrected chi connectivity index (χ2v) is 6.33. The number of halogens is 1. The van der Waals surface area contributed by atoms with Crippen molar-refractivity contribution in [2.24, 2.45) is 5.92 Å². The molecule has 2 aromatic carbocycles. The van der Waals surface area contributed by atoms with Crippen LogP contribution in [0.4, 0.5) is 10.1 Å². The predicted octanol–water partition coefficient (Wildman–Crippen LogP) is 4.79. The highest BCUT2D eigenvalue weighted by molar-refractivity contribution is 5.90. The van der Waals surface area contributed by atoms with E-state index in [2.05, 4.69) is 5.32 Å². The first-order valence-corrected chi connectivity index (χ1v) is 8.46. The highest BCUT2D eigenvalue weighted by atomic mass is 19.1. The molecular formula is C20H22FNO2. The van der Waals surface area contributed by atoms with Crippen molar-refractivity contribution >= 4 is 11.6 Å². The van der Waals surface area contributed by atoms with E-state index in [1.54, 1.807) is 12.1 Å². The predicted molar refractivity (Wildman–Crippen MR) is 92.5 cm³/mol. The average Bonchev–Trinajstić information content (AvgIpc) is 2.60. The molecule has 1 fully saturated rings.